The van der Waals surface area contributed by atoms with E-state index in [0.717, 1.165) is 18.5 Å². The molecule has 88 valence electrons. The van der Waals surface area contributed by atoms with E-state index in [1.54, 1.807) is 6.07 Å². The normalized spacial score (nSPS) is 15.4. The summed E-state index contributed by atoms with van der Waals surface area (Å²) in [4.78, 5) is 19.8. The van der Waals surface area contributed by atoms with Crippen LogP contribution in [0.25, 0.3) is 5.78 Å². The Morgan fingerprint density at radius 3 is 2.88 bits per heavy atom. The lowest BCUT2D eigenvalue weighted by Crippen LogP contribution is -2.09. The van der Waals surface area contributed by atoms with Gasteiger partial charge in [0, 0.05) is 11.6 Å². The van der Waals surface area contributed by atoms with Crippen LogP contribution in [0, 0.1) is 0 Å². The minimum absolute atomic E-state index is 0.131. The number of fused-ring (bicyclic) bond motifs is 1. The van der Waals surface area contributed by atoms with Crippen molar-refractivity contribution < 1.29 is 9.90 Å². The smallest absolute Gasteiger partial charge is 0.354 e. The molecule has 0 aliphatic heterocycles. The minimum atomic E-state index is -1.00. The summed E-state index contributed by atoms with van der Waals surface area (Å²) < 4.78 is 1.33. The SMILES string of the molecule is CCc1cc(C(=O)O)n2nc(C3CC3)nc2n1. The largest absolute Gasteiger partial charge is 0.477 e. The van der Waals surface area contributed by atoms with Gasteiger partial charge in [0.05, 0.1) is 0 Å². The number of nitrogens with zero attached hydrogens (tertiary/aromatic N) is 4. The Morgan fingerprint density at radius 1 is 1.53 bits per heavy atom. The molecule has 1 saturated carbocycles. The number of carboxylic acid groups (broad SMARTS) is 1. The highest BCUT2D eigenvalue weighted by atomic mass is 16.4. The van der Waals surface area contributed by atoms with Gasteiger partial charge in [-0.1, -0.05) is 6.92 Å². The molecule has 1 aliphatic carbocycles. The molecule has 6 nitrogen and oxygen atoms in total. The third kappa shape index (κ3) is 1.65. The summed E-state index contributed by atoms with van der Waals surface area (Å²) in [5, 5.41) is 13.4. The Bertz CT molecular complexity index is 601. The number of hydrogen-bond acceptors (Lipinski definition) is 4. The molecule has 0 spiro atoms. The monoisotopic (exact) mass is 232 g/mol. The summed E-state index contributed by atoms with van der Waals surface area (Å²) in [7, 11) is 0. The first kappa shape index (κ1) is 10.2. The van der Waals surface area contributed by atoms with Crippen LogP contribution < -0.4 is 0 Å². The van der Waals surface area contributed by atoms with E-state index < -0.39 is 5.97 Å². The zero-order valence-corrected chi connectivity index (χ0v) is 9.42. The van der Waals surface area contributed by atoms with Gasteiger partial charge in [0.1, 0.15) is 0 Å². The van der Waals surface area contributed by atoms with Crippen LogP contribution in [0.1, 0.15) is 47.7 Å². The summed E-state index contributed by atoms with van der Waals surface area (Å²) in [6.45, 7) is 1.93. The molecule has 3 rings (SSSR count). The Morgan fingerprint density at radius 2 is 2.29 bits per heavy atom. The van der Waals surface area contributed by atoms with Gasteiger partial charge in [0.2, 0.25) is 0 Å². The minimum Gasteiger partial charge on any atom is -0.477 e. The second kappa shape index (κ2) is 3.51. The number of aromatic nitrogens is 4. The fraction of sp³-hybridized carbons (Fsp3) is 0.455. The number of rotatable bonds is 3. The van der Waals surface area contributed by atoms with E-state index in [0.29, 0.717) is 23.9 Å². The fourth-order valence-corrected chi connectivity index (χ4v) is 1.78. The van der Waals surface area contributed by atoms with Crippen molar-refractivity contribution in [1.82, 2.24) is 19.6 Å². The van der Waals surface area contributed by atoms with E-state index in [-0.39, 0.29) is 5.69 Å². The van der Waals surface area contributed by atoms with Crippen molar-refractivity contribution in [1.29, 1.82) is 0 Å². The molecule has 1 N–H and O–H groups in total. The summed E-state index contributed by atoms with van der Waals surface area (Å²) >= 11 is 0. The van der Waals surface area contributed by atoms with Gasteiger partial charge < -0.3 is 5.11 Å². The molecular formula is C11H12N4O2. The van der Waals surface area contributed by atoms with Crippen LogP contribution in [0.2, 0.25) is 0 Å². The lowest BCUT2D eigenvalue weighted by molar-refractivity contribution is 0.0687. The molecule has 0 atom stereocenters. The van der Waals surface area contributed by atoms with Crippen molar-refractivity contribution in [2.24, 2.45) is 0 Å². The Balaban J connectivity index is 2.23. The van der Waals surface area contributed by atoms with Crippen molar-refractivity contribution >= 4 is 11.7 Å². The lowest BCUT2D eigenvalue weighted by Gasteiger charge is -2.00. The van der Waals surface area contributed by atoms with Gasteiger partial charge in [-0.3, -0.25) is 0 Å². The molecule has 6 heteroatoms. The number of carbonyl (C=O) groups is 1. The van der Waals surface area contributed by atoms with Gasteiger partial charge in [-0.25, -0.2) is 9.78 Å². The summed E-state index contributed by atoms with van der Waals surface area (Å²) in [6, 6.07) is 1.56. The summed E-state index contributed by atoms with van der Waals surface area (Å²) in [6.07, 6.45) is 2.85. The van der Waals surface area contributed by atoms with Gasteiger partial charge in [-0.05, 0) is 25.3 Å². The van der Waals surface area contributed by atoms with Crippen LogP contribution in [0.3, 0.4) is 0 Å². The number of aryl methyl sites for hydroxylation is 1. The second-order valence-electron chi connectivity index (χ2n) is 4.25. The molecular weight excluding hydrogens is 220 g/mol. The van der Waals surface area contributed by atoms with Crippen molar-refractivity contribution in [3.8, 4) is 0 Å². The van der Waals surface area contributed by atoms with Crippen LogP contribution in [-0.4, -0.2) is 30.7 Å². The molecule has 0 aromatic carbocycles. The first-order valence-electron chi connectivity index (χ1n) is 5.69. The molecule has 1 aliphatic rings. The van der Waals surface area contributed by atoms with Crippen LogP contribution in [0.4, 0.5) is 0 Å². The van der Waals surface area contributed by atoms with E-state index in [1.165, 1.54) is 4.52 Å². The molecule has 17 heavy (non-hydrogen) atoms. The van der Waals surface area contributed by atoms with Crippen LogP contribution in [0.5, 0.6) is 0 Å². The van der Waals surface area contributed by atoms with Gasteiger partial charge in [-0.2, -0.15) is 9.50 Å². The summed E-state index contributed by atoms with van der Waals surface area (Å²) in [5.41, 5.74) is 0.857. The van der Waals surface area contributed by atoms with E-state index in [9.17, 15) is 4.79 Å². The van der Waals surface area contributed by atoms with Crippen LogP contribution in [0.15, 0.2) is 6.07 Å². The van der Waals surface area contributed by atoms with Gasteiger partial charge in [-0.15, -0.1) is 5.10 Å². The molecule has 1 fully saturated rings. The third-order valence-corrected chi connectivity index (χ3v) is 2.91. The van der Waals surface area contributed by atoms with Gasteiger partial charge >= 0.3 is 5.97 Å². The van der Waals surface area contributed by atoms with Crippen LogP contribution in [-0.2, 0) is 6.42 Å². The van der Waals surface area contributed by atoms with Gasteiger partial charge in [0.25, 0.3) is 5.78 Å². The maximum atomic E-state index is 11.2. The molecule has 0 unspecified atom stereocenters. The average molecular weight is 232 g/mol. The Hall–Kier alpha value is -1.98. The van der Waals surface area contributed by atoms with Crippen molar-refractivity contribution in [2.75, 3.05) is 0 Å². The van der Waals surface area contributed by atoms with Crippen molar-refractivity contribution in [3.63, 3.8) is 0 Å². The average Bonchev–Trinajstić information content (AvgIpc) is 3.07. The van der Waals surface area contributed by atoms with Crippen molar-refractivity contribution in [2.45, 2.75) is 32.1 Å². The lowest BCUT2D eigenvalue weighted by atomic mass is 10.3. The van der Waals surface area contributed by atoms with Crippen molar-refractivity contribution in [3.05, 3.63) is 23.3 Å². The Kier molecular flexibility index (Phi) is 2.10. The zero-order chi connectivity index (χ0) is 12.0. The van der Waals surface area contributed by atoms with E-state index in [2.05, 4.69) is 15.1 Å². The molecule has 0 saturated heterocycles. The maximum Gasteiger partial charge on any atom is 0.354 e. The molecule has 2 aromatic heterocycles. The fourth-order valence-electron chi connectivity index (χ4n) is 1.78. The highest BCUT2D eigenvalue weighted by molar-refractivity contribution is 5.86. The quantitative estimate of drug-likeness (QED) is 0.861. The first-order chi connectivity index (χ1) is 8.19. The van der Waals surface area contributed by atoms with E-state index in [4.69, 9.17) is 5.11 Å². The highest BCUT2D eigenvalue weighted by Crippen LogP contribution is 2.38. The zero-order valence-electron chi connectivity index (χ0n) is 9.42. The molecule has 0 amide bonds. The predicted molar refractivity (Wildman–Crippen MR) is 59.1 cm³/mol. The third-order valence-electron chi connectivity index (χ3n) is 2.91. The van der Waals surface area contributed by atoms with Crippen LogP contribution >= 0.6 is 0 Å². The maximum absolute atomic E-state index is 11.2. The first-order valence-corrected chi connectivity index (χ1v) is 5.69. The predicted octanol–water partition coefficient (Wildman–Crippen LogP) is 1.26. The second-order valence-corrected chi connectivity index (χ2v) is 4.25. The summed E-state index contributed by atoms with van der Waals surface area (Å²) in [5.74, 6) is 0.500. The van der Waals surface area contributed by atoms with E-state index >= 15 is 0 Å². The number of aromatic carboxylic acids is 1. The van der Waals surface area contributed by atoms with E-state index in [1.807, 2.05) is 6.92 Å². The number of carboxylic acids is 1. The highest BCUT2D eigenvalue weighted by Gasteiger charge is 2.29. The molecule has 2 aromatic rings. The number of hydrogen-bond donors (Lipinski definition) is 1. The molecule has 0 bridgehead atoms. The Labute approximate surface area is 97.3 Å². The molecule has 0 radical (unpaired) electrons. The molecule has 2 heterocycles. The standard InChI is InChI=1S/C11H12N4O2/c1-2-7-5-8(10(16)17)15-11(12-7)13-9(14-15)6-3-4-6/h5-6H,2-4H2,1H3,(H,16,17). The topological polar surface area (TPSA) is 80.4 Å². The van der Waals surface area contributed by atoms with Gasteiger partial charge in [0.15, 0.2) is 11.5 Å².